The van der Waals surface area contributed by atoms with E-state index in [-0.39, 0.29) is 23.8 Å². The normalized spacial score (nSPS) is 11.3. The fourth-order valence-electron chi connectivity index (χ4n) is 2.46. The minimum atomic E-state index is -0.544. The maximum absolute atomic E-state index is 12.5. The van der Waals surface area contributed by atoms with Crippen LogP contribution in [0.3, 0.4) is 0 Å². The van der Waals surface area contributed by atoms with E-state index in [1.807, 2.05) is 0 Å². The molecule has 2 N–H and O–H groups in total. The van der Waals surface area contributed by atoms with Gasteiger partial charge in [0.1, 0.15) is 0 Å². The number of benzene rings is 2. The van der Waals surface area contributed by atoms with Gasteiger partial charge >= 0.3 is 5.97 Å². The first-order chi connectivity index (χ1) is 12.4. The molecule has 2 aromatic rings. The van der Waals surface area contributed by atoms with E-state index >= 15 is 0 Å². The molecule has 2 rings (SSSR count). The Labute approximate surface area is 156 Å². The monoisotopic (exact) mass is 374 g/mol. The standard InChI is InChI=1S/C19H19ClN2O4/c1-12(23)21-17(13-7-9-14(20)10-8-13)11-18(24)22-16-6-4-3-5-15(16)19(25)26-2/h3-10,17H,11H2,1-2H3,(H,21,23)(H,22,24). The SMILES string of the molecule is COC(=O)c1ccccc1NC(=O)CC(NC(C)=O)c1ccc(Cl)cc1. The van der Waals surface area contributed by atoms with Crippen LogP contribution in [0.4, 0.5) is 5.69 Å². The molecule has 0 bridgehead atoms. The second-order valence-corrected chi connectivity index (χ2v) is 6.03. The fourth-order valence-corrected chi connectivity index (χ4v) is 2.59. The number of anilines is 1. The van der Waals surface area contributed by atoms with Crippen molar-refractivity contribution in [3.05, 3.63) is 64.7 Å². The zero-order valence-electron chi connectivity index (χ0n) is 14.4. The number of methoxy groups -OCH3 is 1. The molecule has 6 nitrogen and oxygen atoms in total. The van der Waals surface area contributed by atoms with E-state index < -0.39 is 12.0 Å². The van der Waals surface area contributed by atoms with E-state index in [0.717, 1.165) is 5.56 Å². The van der Waals surface area contributed by atoms with Crippen LogP contribution >= 0.6 is 11.6 Å². The van der Waals surface area contributed by atoms with Crippen molar-refractivity contribution in [1.29, 1.82) is 0 Å². The number of esters is 1. The minimum Gasteiger partial charge on any atom is -0.465 e. The topological polar surface area (TPSA) is 84.5 Å². The minimum absolute atomic E-state index is 0.00325. The van der Waals surface area contributed by atoms with Crippen molar-refractivity contribution in [3.63, 3.8) is 0 Å². The molecular weight excluding hydrogens is 356 g/mol. The van der Waals surface area contributed by atoms with Crippen LogP contribution in [-0.4, -0.2) is 24.9 Å². The Kier molecular flexibility index (Phi) is 6.74. The number of hydrogen-bond donors (Lipinski definition) is 2. The maximum atomic E-state index is 12.5. The molecule has 2 aromatic carbocycles. The summed E-state index contributed by atoms with van der Waals surface area (Å²) in [4.78, 5) is 35.7. The fraction of sp³-hybridized carbons (Fsp3) is 0.211. The molecule has 1 unspecified atom stereocenters. The third-order valence-corrected chi connectivity index (χ3v) is 3.90. The van der Waals surface area contributed by atoms with Gasteiger partial charge in [-0.15, -0.1) is 0 Å². The summed E-state index contributed by atoms with van der Waals surface area (Å²) >= 11 is 5.89. The number of nitrogens with one attached hydrogen (secondary N) is 2. The van der Waals surface area contributed by atoms with Gasteiger partial charge in [-0.25, -0.2) is 4.79 Å². The smallest absolute Gasteiger partial charge is 0.339 e. The first kappa shape index (κ1) is 19.5. The molecule has 136 valence electrons. The molecule has 26 heavy (non-hydrogen) atoms. The molecule has 7 heteroatoms. The lowest BCUT2D eigenvalue weighted by atomic mass is 10.0. The van der Waals surface area contributed by atoms with E-state index in [0.29, 0.717) is 10.7 Å². The summed E-state index contributed by atoms with van der Waals surface area (Å²) in [6.07, 6.45) is -0.00325. The van der Waals surface area contributed by atoms with Crippen molar-refractivity contribution in [2.24, 2.45) is 0 Å². The highest BCUT2D eigenvalue weighted by atomic mass is 35.5. The maximum Gasteiger partial charge on any atom is 0.339 e. The van der Waals surface area contributed by atoms with Gasteiger partial charge in [0.2, 0.25) is 11.8 Å². The second-order valence-electron chi connectivity index (χ2n) is 5.59. The molecule has 0 aliphatic heterocycles. The lowest BCUT2D eigenvalue weighted by Crippen LogP contribution is -2.30. The van der Waals surface area contributed by atoms with Crippen LogP contribution in [-0.2, 0) is 14.3 Å². The van der Waals surface area contributed by atoms with E-state index in [9.17, 15) is 14.4 Å². The van der Waals surface area contributed by atoms with E-state index in [4.69, 9.17) is 16.3 Å². The van der Waals surface area contributed by atoms with Gasteiger partial charge in [-0.05, 0) is 29.8 Å². The molecule has 0 aliphatic rings. The first-order valence-electron chi connectivity index (χ1n) is 7.90. The number of rotatable bonds is 6. The number of carbonyl (C=O) groups excluding carboxylic acids is 3. The van der Waals surface area contributed by atoms with Crippen molar-refractivity contribution in [1.82, 2.24) is 5.32 Å². The molecule has 0 heterocycles. The first-order valence-corrected chi connectivity index (χ1v) is 8.28. The zero-order valence-corrected chi connectivity index (χ0v) is 15.2. The molecule has 0 aliphatic carbocycles. The van der Waals surface area contributed by atoms with Gasteiger partial charge in [-0.2, -0.15) is 0 Å². The van der Waals surface area contributed by atoms with Gasteiger partial charge in [0, 0.05) is 11.9 Å². The van der Waals surface area contributed by atoms with Gasteiger partial charge in [-0.1, -0.05) is 35.9 Å². The number of amides is 2. The Morgan fingerprint density at radius 1 is 1.08 bits per heavy atom. The van der Waals surface area contributed by atoms with Crippen LogP contribution in [0.15, 0.2) is 48.5 Å². The average Bonchev–Trinajstić information content (AvgIpc) is 2.61. The number of halogens is 1. The summed E-state index contributed by atoms with van der Waals surface area (Å²) in [5, 5.41) is 6.00. The Hall–Kier alpha value is -2.86. The molecule has 2 amide bonds. The van der Waals surface area contributed by atoms with E-state index in [1.165, 1.54) is 14.0 Å². The molecule has 0 aromatic heterocycles. The molecule has 0 spiro atoms. The number of para-hydroxylation sites is 1. The summed E-state index contributed by atoms with van der Waals surface area (Å²) in [6, 6.07) is 12.9. The van der Waals surface area contributed by atoms with Crippen LogP contribution in [0.1, 0.15) is 35.3 Å². The second kappa shape index (κ2) is 9.01. The number of carbonyl (C=O) groups is 3. The molecule has 0 saturated heterocycles. The lowest BCUT2D eigenvalue weighted by molar-refractivity contribution is -0.120. The van der Waals surface area contributed by atoms with Crippen molar-refractivity contribution < 1.29 is 19.1 Å². The molecule has 0 radical (unpaired) electrons. The predicted octanol–water partition coefficient (Wildman–Crippen LogP) is 3.33. The Balaban J connectivity index is 2.16. The lowest BCUT2D eigenvalue weighted by Gasteiger charge is -2.18. The van der Waals surface area contributed by atoms with E-state index in [1.54, 1.807) is 48.5 Å². The molecule has 0 fully saturated rings. The molecule has 1 atom stereocenters. The van der Waals surface area contributed by atoms with Crippen molar-refractivity contribution >= 4 is 35.1 Å². The Morgan fingerprint density at radius 3 is 2.35 bits per heavy atom. The van der Waals surface area contributed by atoms with Crippen LogP contribution in [0.25, 0.3) is 0 Å². The third kappa shape index (κ3) is 5.32. The van der Waals surface area contributed by atoms with Crippen LogP contribution in [0, 0.1) is 0 Å². The largest absolute Gasteiger partial charge is 0.465 e. The highest BCUT2D eigenvalue weighted by Crippen LogP contribution is 2.22. The van der Waals surface area contributed by atoms with Gasteiger partial charge in [0.25, 0.3) is 0 Å². The van der Waals surface area contributed by atoms with Crippen LogP contribution in [0.5, 0.6) is 0 Å². The van der Waals surface area contributed by atoms with Crippen molar-refractivity contribution in [2.45, 2.75) is 19.4 Å². The van der Waals surface area contributed by atoms with Crippen molar-refractivity contribution in [3.8, 4) is 0 Å². The molecule has 0 saturated carbocycles. The highest BCUT2D eigenvalue weighted by molar-refractivity contribution is 6.30. The third-order valence-electron chi connectivity index (χ3n) is 3.65. The highest BCUT2D eigenvalue weighted by Gasteiger charge is 2.19. The molecular formula is C19H19ClN2O4. The zero-order chi connectivity index (χ0) is 19.1. The van der Waals surface area contributed by atoms with Crippen LogP contribution in [0.2, 0.25) is 5.02 Å². The van der Waals surface area contributed by atoms with Gasteiger partial charge in [0.15, 0.2) is 0 Å². The van der Waals surface area contributed by atoms with Gasteiger partial charge in [-0.3, -0.25) is 9.59 Å². The van der Waals surface area contributed by atoms with Gasteiger partial charge in [0.05, 0.1) is 30.8 Å². The van der Waals surface area contributed by atoms with Gasteiger partial charge < -0.3 is 15.4 Å². The average molecular weight is 375 g/mol. The van der Waals surface area contributed by atoms with Crippen molar-refractivity contribution in [2.75, 3.05) is 12.4 Å². The summed E-state index contributed by atoms with van der Waals surface area (Å²) in [6.45, 7) is 1.38. The number of hydrogen-bond acceptors (Lipinski definition) is 4. The summed E-state index contributed by atoms with van der Waals surface area (Å²) in [5.74, 6) is -1.15. The Bertz CT molecular complexity index is 805. The summed E-state index contributed by atoms with van der Waals surface area (Å²) < 4.78 is 4.71. The van der Waals surface area contributed by atoms with E-state index in [2.05, 4.69) is 10.6 Å². The quantitative estimate of drug-likeness (QED) is 0.759. The Morgan fingerprint density at radius 2 is 1.73 bits per heavy atom. The summed E-state index contributed by atoms with van der Waals surface area (Å²) in [5.41, 5.74) is 1.36. The van der Waals surface area contributed by atoms with Crippen LogP contribution < -0.4 is 10.6 Å². The predicted molar refractivity (Wildman–Crippen MR) is 99.0 cm³/mol. The summed E-state index contributed by atoms with van der Waals surface area (Å²) in [7, 11) is 1.27. The number of ether oxygens (including phenoxy) is 1.